The van der Waals surface area contributed by atoms with E-state index in [9.17, 15) is 18.0 Å². The number of sulfonamides is 1. The lowest BCUT2D eigenvalue weighted by Crippen LogP contribution is -2.39. The summed E-state index contributed by atoms with van der Waals surface area (Å²) in [4.78, 5) is 27.6. The van der Waals surface area contributed by atoms with Gasteiger partial charge in [0, 0.05) is 17.2 Å². The molecule has 8 heteroatoms. The molecule has 7 nitrogen and oxygen atoms in total. The number of piperidine rings is 1. The maximum Gasteiger partial charge on any atom is 0.229 e. The number of anilines is 1. The Balaban J connectivity index is 1.54. The van der Waals surface area contributed by atoms with E-state index in [1.54, 1.807) is 24.3 Å². The van der Waals surface area contributed by atoms with Crippen molar-refractivity contribution in [1.82, 2.24) is 4.90 Å². The Morgan fingerprint density at radius 3 is 2.32 bits per heavy atom. The van der Waals surface area contributed by atoms with E-state index in [2.05, 4.69) is 9.62 Å². The van der Waals surface area contributed by atoms with Gasteiger partial charge in [-0.3, -0.25) is 19.2 Å². The molecular weight excluding hydrogens is 416 g/mol. The Morgan fingerprint density at radius 1 is 1.06 bits per heavy atom. The average molecular weight is 445 g/mol. The van der Waals surface area contributed by atoms with Crippen molar-refractivity contribution in [1.29, 1.82) is 0 Å². The molecule has 0 unspecified atom stereocenters. The van der Waals surface area contributed by atoms with Crippen LogP contribution in [0.4, 0.5) is 5.69 Å². The van der Waals surface area contributed by atoms with Crippen molar-refractivity contribution in [3.8, 4) is 5.75 Å². The number of hydrogen-bond acceptors (Lipinski definition) is 6. The first kappa shape index (κ1) is 23.0. The third-order valence-corrected chi connectivity index (χ3v) is 5.89. The molecule has 0 bridgehead atoms. The summed E-state index contributed by atoms with van der Waals surface area (Å²) in [6.45, 7) is 4.03. The summed E-state index contributed by atoms with van der Waals surface area (Å²) in [5, 5.41) is 0. The quantitative estimate of drug-likeness (QED) is 0.597. The fourth-order valence-corrected chi connectivity index (χ4v) is 4.32. The molecule has 1 saturated heterocycles. The molecule has 0 saturated carbocycles. The topological polar surface area (TPSA) is 92.8 Å². The van der Waals surface area contributed by atoms with Gasteiger partial charge in [0.05, 0.1) is 25.0 Å². The van der Waals surface area contributed by atoms with Gasteiger partial charge in [-0.2, -0.15) is 0 Å². The highest BCUT2D eigenvalue weighted by molar-refractivity contribution is 7.92. The molecule has 0 atom stereocenters. The molecule has 166 valence electrons. The molecular formula is C23H28N2O5S. The fourth-order valence-electron chi connectivity index (χ4n) is 3.76. The zero-order chi connectivity index (χ0) is 22.4. The zero-order valence-electron chi connectivity index (χ0n) is 17.8. The fraction of sp³-hybridized carbons (Fsp3) is 0.391. The number of ether oxygens (including phenoxy) is 1. The lowest BCUT2D eigenvalue weighted by Gasteiger charge is -2.31. The molecule has 1 N–H and O–H groups in total. The van der Waals surface area contributed by atoms with E-state index in [1.807, 2.05) is 31.2 Å². The predicted molar refractivity (Wildman–Crippen MR) is 120 cm³/mol. The third kappa shape index (κ3) is 6.38. The van der Waals surface area contributed by atoms with Crippen LogP contribution in [0.15, 0.2) is 48.5 Å². The van der Waals surface area contributed by atoms with Gasteiger partial charge < -0.3 is 4.74 Å². The monoisotopic (exact) mass is 444 g/mol. The van der Waals surface area contributed by atoms with Gasteiger partial charge in [-0.05, 0) is 69.3 Å². The summed E-state index contributed by atoms with van der Waals surface area (Å²) >= 11 is 0. The average Bonchev–Trinajstić information content (AvgIpc) is 2.74. The standard InChI is InChI=1S/C23H28N2O5S/c1-3-30-22-7-5-4-6-20(22)23(27)18-12-14-25(15-13-18)16-21(26)17-8-10-19(11-9-17)24-31(2,28)29/h4-11,18,24H,3,12-16H2,1-2H3. The lowest BCUT2D eigenvalue weighted by atomic mass is 9.88. The van der Waals surface area contributed by atoms with Crippen LogP contribution >= 0.6 is 0 Å². The Morgan fingerprint density at radius 2 is 1.71 bits per heavy atom. The molecule has 0 aliphatic carbocycles. The molecule has 0 radical (unpaired) electrons. The van der Waals surface area contributed by atoms with Crippen LogP contribution in [0.1, 0.15) is 40.5 Å². The van der Waals surface area contributed by atoms with Gasteiger partial charge in [0.1, 0.15) is 5.75 Å². The van der Waals surface area contributed by atoms with Crippen molar-refractivity contribution in [2.75, 3.05) is 37.2 Å². The number of para-hydroxylation sites is 1. The molecule has 0 spiro atoms. The van der Waals surface area contributed by atoms with Crippen LogP contribution < -0.4 is 9.46 Å². The van der Waals surface area contributed by atoms with E-state index in [0.29, 0.717) is 55.1 Å². The van der Waals surface area contributed by atoms with E-state index >= 15 is 0 Å². The molecule has 2 aromatic carbocycles. The van der Waals surface area contributed by atoms with E-state index < -0.39 is 10.0 Å². The maximum atomic E-state index is 13.0. The SMILES string of the molecule is CCOc1ccccc1C(=O)C1CCN(CC(=O)c2ccc(NS(C)(=O)=O)cc2)CC1. The van der Waals surface area contributed by atoms with Crippen LogP contribution in [-0.2, 0) is 10.0 Å². The largest absolute Gasteiger partial charge is 0.493 e. The highest BCUT2D eigenvalue weighted by atomic mass is 32.2. The summed E-state index contributed by atoms with van der Waals surface area (Å²) in [6.07, 6.45) is 2.48. The number of Topliss-reactive ketones (excluding diaryl/α,β-unsaturated/α-hetero) is 2. The number of rotatable bonds is 9. The van der Waals surface area contributed by atoms with Gasteiger partial charge in [0.15, 0.2) is 11.6 Å². The van der Waals surface area contributed by atoms with Crippen LogP contribution in [0.2, 0.25) is 0 Å². The van der Waals surface area contributed by atoms with Crippen molar-refractivity contribution in [2.45, 2.75) is 19.8 Å². The first-order valence-electron chi connectivity index (χ1n) is 10.4. The first-order valence-corrected chi connectivity index (χ1v) is 12.3. The van der Waals surface area contributed by atoms with Crippen molar-refractivity contribution in [3.05, 3.63) is 59.7 Å². The number of carbonyl (C=O) groups is 2. The van der Waals surface area contributed by atoms with Gasteiger partial charge in [0.25, 0.3) is 0 Å². The molecule has 1 aliphatic heterocycles. The summed E-state index contributed by atoms with van der Waals surface area (Å²) in [5.41, 5.74) is 1.58. The van der Waals surface area contributed by atoms with Crippen molar-refractivity contribution >= 4 is 27.3 Å². The van der Waals surface area contributed by atoms with Crippen LogP contribution in [-0.4, -0.2) is 57.4 Å². The van der Waals surface area contributed by atoms with Crippen molar-refractivity contribution < 1.29 is 22.7 Å². The number of hydrogen-bond donors (Lipinski definition) is 1. The van der Waals surface area contributed by atoms with E-state index in [1.165, 1.54) is 0 Å². The highest BCUT2D eigenvalue weighted by Crippen LogP contribution is 2.27. The second kappa shape index (κ2) is 10.1. The molecule has 2 aromatic rings. The number of carbonyl (C=O) groups excluding carboxylic acids is 2. The predicted octanol–water partition coefficient (Wildman–Crippen LogP) is 3.23. The second-order valence-corrected chi connectivity index (χ2v) is 9.47. The van der Waals surface area contributed by atoms with Crippen LogP contribution in [0.25, 0.3) is 0 Å². The normalized spacial score (nSPS) is 15.4. The Hall–Kier alpha value is -2.71. The summed E-state index contributed by atoms with van der Waals surface area (Å²) < 4.78 is 30.5. The molecule has 3 rings (SSSR count). The minimum Gasteiger partial charge on any atom is -0.493 e. The minimum absolute atomic E-state index is 0.0302. The number of nitrogens with zero attached hydrogens (tertiary/aromatic N) is 1. The van der Waals surface area contributed by atoms with Crippen LogP contribution in [0.5, 0.6) is 5.75 Å². The van der Waals surface area contributed by atoms with Crippen molar-refractivity contribution in [2.24, 2.45) is 5.92 Å². The molecule has 1 fully saturated rings. The Labute approximate surface area is 183 Å². The van der Waals surface area contributed by atoms with Crippen LogP contribution in [0.3, 0.4) is 0 Å². The number of nitrogens with one attached hydrogen (secondary N) is 1. The van der Waals surface area contributed by atoms with Gasteiger partial charge >= 0.3 is 0 Å². The molecule has 0 amide bonds. The van der Waals surface area contributed by atoms with Crippen LogP contribution in [0, 0.1) is 5.92 Å². The van der Waals surface area contributed by atoms with Crippen molar-refractivity contribution in [3.63, 3.8) is 0 Å². The summed E-state index contributed by atoms with van der Waals surface area (Å²) in [7, 11) is -3.35. The smallest absolute Gasteiger partial charge is 0.229 e. The van der Waals surface area contributed by atoms with E-state index in [-0.39, 0.29) is 24.0 Å². The minimum atomic E-state index is -3.35. The lowest BCUT2D eigenvalue weighted by molar-refractivity contribution is 0.0803. The molecule has 1 aliphatic rings. The van der Waals surface area contributed by atoms with E-state index in [4.69, 9.17) is 4.74 Å². The van der Waals surface area contributed by atoms with Gasteiger partial charge in [-0.25, -0.2) is 8.42 Å². The molecule has 1 heterocycles. The summed E-state index contributed by atoms with van der Waals surface area (Å²) in [6, 6.07) is 13.7. The van der Waals surface area contributed by atoms with Gasteiger partial charge in [0.2, 0.25) is 10.0 Å². The zero-order valence-corrected chi connectivity index (χ0v) is 18.7. The number of likely N-dealkylation sites (tertiary alicyclic amines) is 1. The van der Waals surface area contributed by atoms with Gasteiger partial charge in [-0.1, -0.05) is 12.1 Å². The Kier molecular flexibility index (Phi) is 7.46. The first-order chi connectivity index (χ1) is 14.8. The summed E-state index contributed by atoms with van der Waals surface area (Å²) in [5.74, 6) is 0.622. The van der Waals surface area contributed by atoms with E-state index in [0.717, 1.165) is 6.26 Å². The Bertz CT molecular complexity index is 1030. The maximum absolute atomic E-state index is 13.0. The van der Waals surface area contributed by atoms with Gasteiger partial charge in [-0.15, -0.1) is 0 Å². The molecule has 0 aromatic heterocycles. The number of ketones is 2. The highest BCUT2D eigenvalue weighted by Gasteiger charge is 2.28. The second-order valence-electron chi connectivity index (χ2n) is 7.72. The number of benzene rings is 2. The third-order valence-electron chi connectivity index (χ3n) is 5.29. The molecule has 31 heavy (non-hydrogen) atoms.